The van der Waals surface area contributed by atoms with E-state index in [2.05, 4.69) is 47.2 Å². The second kappa shape index (κ2) is 29.9. The predicted octanol–water partition coefficient (Wildman–Crippen LogP) is 8.74. The molecule has 0 aliphatic heterocycles. The Hall–Kier alpha value is -1.14. The van der Waals surface area contributed by atoms with Gasteiger partial charge in [0.1, 0.15) is 0 Å². The molecule has 0 aromatic heterocycles. The summed E-state index contributed by atoms with van der Waals surface area (Å²) in [7, 11) is 0. The number of thioether (sulfide) groups is 1. The third-order valence-corrected chi connectivity index (χ3v) is 5.90. The van der Waals surface area contributed by atoms with Gasteiger partial charge in [-0.25, -0.2) is 9.59 Å². The molecule has 200 valence electrons. The highest BCUT2D eigenvalue weighted by Gasteiger charge is 2.10. The fourth-order valence-corrected chi connectivity index (χ4v) is 2.75. The van der Waals surface area contributed by atoms with Gasteiger partial charge in [0.25, 0.3) is 0 Å². The Morgan fingerprint density at radius 2 is 1.21 bits per heavy atom. The van der Waals surface area contributed by atoms with E-state index < -0.39 is 0 Å². The molecule has 1 rings (SSSR count). The van der Waals surface area contributed by atoms with Crippen molar-refractivity contribution in [1.29, 1.82) is 0 Å². The fraction of sp³-hybridized carbons (Fsp3) is 0.714. The van der Waals surface area contributed by atoms with Crippen molar-refractivity contribution in [1.82, 2.24) is 0 Å². The molecule has 0 heterocycles. The molecule has 4 nitrogen and oxygen atoms in total. The minimum Gasteiger partial charge on any atom is -0.462 e. The van der Waals surface area contributed by atoms with Crippen molar-refractivity contribution in [2.75, 3.05) is 30.5 Å². The summed E-state index contributed by atoms with van der Waals surface area (Å²) in [4.78, 5) is 23.6. The van der Waals surface area contributed by atoms with Gasteiger partial charge in [0, 0.05) is 5.75 Å². The first-order valence-electron chi connectivity index (χ1n) is 13.0. The van der Waals surface area contributed by atoms with E-state index in [0.29, 0.717) is 24.3 Å². The Morgan fingerprint density at radius 3 is 1.53 bits per heavy atom. The van der Waals surface area contributed by atoms with Crippen LogP contribution >= 0.6 is 24.4 Å². The van der Waals surface area contributed by atoms with Crippen LogP contribution in [-0.4, -0.2) is 42.4 Å². The Labute approximate surface area is 220 Å². The SMILES string of the molecule is CC.CCC(C)C.CCCC.CCCCOC(=O)c1ccc(C(=O)OCCCSCCS)cc1. The number of unbranched alkanes of at least 4 members (excludes halogenated alkanes) is 2. The van der Waals surface area contributed by atoms with Crippen LogP contribution < -0.4 is 0 Å². The predicted molar refractivity (Wildman–Crippen MR) is 155 cm³/mol. The van der Waals surface area contributed by atoms with Crippen LogP contribution in [0.5, 0.6) is 0 Å². The third-order valence-electron chi connectivity index (χ3n) is 4.31. The summed E-state index contributed by atoms with van der Waals surface area (Å²) >= 11 is 5.93. The van der Waals surface area contributed by atoms with Crippen molar-refractivity contribution in [3.63, 3.8) is 0 Å². The molecule has 1 aromatic rings. The molecule has 6 heteroatoms. The van der Waals surface area contributed by atoms with Crippen LogP contribution in [0.4, 0.5) is 0 Å². The van der Waals surface area contributed by atoms with Gasteiger partial charge < -0.3 is 9.47 Å². The lowest BCUT2D eigenvalue weighted by molar-refractivity contribution is 0.0488. The maximum Gasteiger partial charge on any atom is 0.338 e. The monoisotopic (exact) mass is 516 g/mol. The van der Waals surface area contributed by atoms with E-state index in [1.165, 1.54) is 19.3 Å². The normalized spacial score (nSPS) is 9.47. The van der Waals surface area contributed by atoms with Crippen LogP contribution in [0.25, 0.3) is 0 Å². The summed E-state index contributed by atoms with van der Waals surface area (Å²) in [6.45, 7) is 17.9. The number of carbonyl (C=O) groups is 2. The first-order chi connectivity index (χ1) is 16.4. The average Bonchev–Trinajstić information content (AvgIpc) is 2.87. The Balaban J connectivity index is -0.000000732. The molecule has 0 unspecified atom stereocenters. The molecule has 0 aliphatic carbocycles. The summed E-state index contributed by atoms with van der Waals surface area (Å²) in [6, 6.07) is 6.36. The Morgan fingerprint density at radius 1 is 0.794 bits per heavy atom. The van der Waals surface area contributed by atoms with Crippen molar-refractivity contribution in [3.05, 3.63) is 35.4 Å². The first kappa shape index (κ1) is 37.4. The number of carbonyl (C=O) groups excluding carboxylic acids is 2. The Kier molecular flexibility index (Phi) is 32.9. The van der Waals surface area contributed by atoms with E-state index in [1.54, 1.807) is 36.0 Å². The lowest BCUT2D eigenvalue weighted by Crippen LogP contribution is -2.09. The summed E-state index contributed by atoms with van der Waals surface area (Å²) in [5.41, 5.74) is 0.888. The van der Waals surface area contributed by atoms with Crippen molar-refractivity contribution in [2.45, 2.75) is 93.9 Å². The molecule has 0 saturated carbocycles. The molecular formula is C28H52O4S2. The van der Waals surface area contributed by atoms with Gasteiger partial charge in [0.2, 0.25) is 0 Å². The molecule has 0 aliphatic rings. The quantitative estimate of drug-likeness (QED) is 0.161. The molecule has 0 saturated heterocycles. The summed E-state index contributed by atoms with van der Waals surface area (Å²) < 4.78 is 10.3. The number of rotatable bonds is 13. The average molecular weight is 517 g/mol. The van der Waals surface area contributed by atoms with Gasteiger partial charge in [-0.1, -0.05) is 81.1 Å². The topological polar surface area (TPSA) is 52.6 Å². The van der Waals surface area contributed by atoms with Gasteiger partial charge in [-0.15, -0.1) is 0 Å². The molecule has 0 radical (unpaired) electrons. The second-order valence-electron chi connectivity index (χ2n) is 7.69. The lowest BCUT2D eigenvalue weighted by atomic mass is 10.1. The highest BCUT2D eigenvalue weighted by molar-refractivity contribution is 7.99. The minimum absolute atomic E-state index is 0.361. The molecule has 0 atom stereocenters. The maximum atomic E-state index is 11.9. The Bertz CT molecular complexity index is 558. The van der Waals surface area contributed by atoms with Crippen LogP contribution in [0, 0.1) is 5.92 Å². The number of benzene rings is 1. The highest BCUT2D eigenvalue weighted by atomic mass is 32.2. The molecular weight excluding hydrogens is 464 g/mol. The zero-order chi connectivity index (χ0) is 26.6. The number of hydrogen-bond donors (Lipinski definition) is 1. The van der Waals surface area contributed by atoms with Gasteiger partial charge in [-0.3, -0.25) is 0 Å². The van der Waals surface area contributed by atoms with Gasteiger partial charge >= 0.3 is 11.9 Å². The van der Waals surface area contributed by atoms with Crippen LogP contribution in [-0.2, 0) is 9.47 Å². The van der Waals surface area contributed by atoms with Crippen molar-refractivity contribution in [3.8, 4) is 0 Å². The summed E-state index contributed by atoms with van der Waals surface area (Å²) in [6.07, 6.45) is 6.60. The molecule has 0 amide bonds. The highest BCUT2D eigenvalue weighted by Crippen LogP contribution is 2.09. The zero-order valence-corrected chi connectivity index (χ0v) is 24.9. The van der Waals surface area contributed by atoms with Crippen molar-refractivity contribution < 1.29 is 19.1 Å². The lowest BCUT2D eigenvalue weighted by Gasteiger charge is -2.06. The van der Waals surface area contributed by atoms with E-state index in [-0.39, 0.29) is 11.9 Å². The molecule has 1 aromatic carbocycles. The number of ether oxygens (including phenoxy) is 2. The minimum atomic E-state index is -0.366. The van der Waals surface area contributed by atoms with Crippen LogP contribution in [0.2, 0.25) is 0 Å². The van der Waals surface area contributed by atoms with Gasteiger partial charge in [-0.2, -0.15) is 24.4 Å². The summed E-state index contributed by atoms with van der Waals surface area (Å²) in [5, 5.41) is 0. The van der Waals surface area contributed by atoms with E-state index in [0.717, 1.165) is 42.4 Å². The van der Waals surface area contributed by atoms with Crippen molar-refractivity contribution >= 4 is 36.3 Å². The largest absolute Gasteiger partial charge is 0.462 e. The van der Waals surface area contributed by atoms with E-state index >= 15 is 0 Å². The first-order valence-corrected chi connectivity index (χ1v) is 14.8. The van der Waals surface area contributed by atoms with E-state index in [4.69, 9.17) is 9.47 Å². The van der Waals surface area contributed by atoms with Gasteiger partial charge in [0.05, 0.1) is 24.3 Å². The standard InChI is InChI=1S/C17H24O4S2.C5H12.C4H10.C2H6/c1-2-3-9-20-16(18)14-5-7-15(8-6-14)17(19)21-10-4-12-23-13-11-22;1-4-5(2)3;1-3-4-2;1-2/h5-8,22H,2-4,9-13H2,1H3;5H,4H2,1-3H3;3-4H2,1-2H3;1-2H3. The van der Waals surface area contributed by atoms with Gasteiger partial charge in [0.15, 0.2) is 0 Å². The summed E-state index contributed by atoms with van der Waals surface area (Å²) in [5.74, 6) is 2.98. The molecule has 0 N–H and O–H groups in total. The van der Waals surface area contributed by atoms with E-state index in [9.17, 15) is 9.59 Å². The number of esters is 2. The number of thiol groups is 1. The molecule has 0 bridgehead atoms. The molecule has 34 heavy (non-hydrogen) atoms. The van der Waals surface area contributed by atoms with Crippen LogP contribution in [0.3, 0.4) is 0 Å². The number of hydrogen-bond acceptors (Lipinski definition) is 6. The fourth-order valence-electron chi connectivity index (χ4n) is 1.71. The van der Waals surface area contributed by atoms with Crippen molar-refractivity contribution in [2.24, 2.45) is 5.92 Å². The maximum absolute atomic E-state index is 11.9. The third kappa shape index (κ3) is 25.5. The molecule has 0 fully saturated rings. The zero-order valence-electron chi connectivity index (χ0n) is 23.2. The van der Waals surface area contributed by atoms with E-state index in [1.807, 2.05) is 20.8 Å². The van der Waals surface area contributed by atoms with Gasteiger partial charge in [-0.05, 0) is 54.5 Å². The smallest absolute Gasteiger partial charge is 0.338 e. The molecule has 0 spiro atoms. The van der Waals surface area contributed by atoms with Crippen LogP contribution in [0.1, 0.15) is 115 Å². The second-order valence-corrected chi connectivity index (χ2v) is 9.37. The van der Waals surface area contributed by atoms with Crippen LogP contribution in [0.15, 0.2) is 24.3 Å².